The predicted molar refractivity (Wildman–Crippen MR) is 94.7 cm³/mol. The number of aromatic nitrogens is 2. The van der Waals surface area contributed by atoms with Crippen LogP contribution in [0.5, 0.6) is 0 Å². The molecule has 2 aromatic rings. The first kappa shape index (κ1) is 18.8. The van der Waals surface area contributed by atoms with Gasteiger partial charge in [-0.1, -0.05) is 19.1 Å². The van der Waals surface area contributed by atoms with E-state index in [0.29, 0.717) is 18.8 Å². The summed E-state index contributed by atoms with van der Waals surface area (Å²) in [6.07, 6.45) is 2.86. The molecule has 0 atom stereocenters. The molecular weight excluding hydrogens is 342 g/mol. The molecule has 8 nitrogen and oxygen atoms in total. The third-order valence-electron chi connectivity index (χ3n) is 3.41. The fourth-order valence-corrected chi connectivity index (χ4v) is 2.60. The largest absolute Gasteiger partial charge is 0.370 e. The van der Waals surface area contributed by atoms with E-state index in [9.17, 15) is 13.2 Å². The lowest BCUT2D eigenvalue weighted by atomic mass is 10.1. The van der Waals surface area contributed by atoms with Gasteiger partial charge in [0.25, 0.3) is 5.91 Å². The van der Waals surface area contributed by atoms with Crippen LogP contribution in [0.15, 0.2) is 41.6 Å². The van der Waals surface area contributed by atoms with Gasteiger partial charge in [-0.15, -0.1) is 0 Å². The molecule has 0 bridgehead atoms. The van der Waals surface area contributed by atoms with Crippen molar-refractivity contribution in [2.75, 3.05) is 18.4 Å². The van der Waals surface area contributed by atoms with E-state index in [-0.39, 0.29) is 16.5 Å². The Hall–Kier alpha value is -2.52. The lowest BCUT2D eigenvalue weighted by Gasteiger charge is -2.07. The van der Waals surface area contributed by atoms with Crippen LogP contribution in [0.2, 0.25) is 0 Å². The molecule has 0 spiro atoms. The Morgan fingerprint density at radius 2 is 1.88 bits per heavy atom. The normalized spacial score (nSPS) is 11.1. The zero-order valence-electron chi connectivity index (χ0n) is 13.9. The van der Waals surface area contributed by atoms with Crippen LogP contribution < -0.4 is 15.8 Å². The Kier molecular flexibility index (Phi) is 6.43. The van der Waals surface area contributed by atoms with Gasteiger partial charge < -0.3 is 10.6 Å². The van der Waals surface area contributed by atoms with Gasteiger partial charge in [-0.25, -0.2) is 23.5 Å². The summed E-state index contributed by atoms with van der Waals surface area (Å²) in [5.74, 6) is 0.323. The first-order valence-corrected chi connectivity index (χ1v) is 9.40. The number of nitrogens with one attached hydrogen (secondary N) is 2. The second-order valence-corrected chi connectivity index (χ2v) is 6.97. The van der Waals surface area contributed by atoms with Gasteiger partial charge in [-0.2, -0.15) is 0 Å². The number of carbonyl (C=O) groups excluding carboxylic acids is 1. The Morgan fingerprint density at radius 1 is 1.16 bits per heavy atom. The van der Waals surface area contributed by atoms with Crippen LogP contribution in [0.4, 0.5) is 5.82 Å². The van der Waals surface area contributed by atoms with Gasteiger partial charge in [-0.05, 0) is 30.5 Å². The summed E-state index contributed by atoms with van der Waals surface area (Å²) in [6.45, 7) is 3.21. The number of anilines is 1. The van der Waals surface area contributed by atoms with Crippen molar-refractivity contribution in [1.29, 1.82) is 0 Å². The number of amides is 1. The van der Waals surface area contributed by atoms with E-state index in [1.54, 1.807) is 18.2 Å². The lowest BCUT2D eigenvalue weighted by Crippen LogP contribution is -2.26. The van der Waals surface area contributed by atoms with Crippen LogP contribution in [-0.4, -0.2) is 37.4 Å². The van der Waals surface area contributed by atoms with Crippen LogP contribution in [0.1, 0.15) is 29.4 Å². The third kappa shape index (κ3) is 5.80. The molecule has 0 saturated carbocycles. The van der Waals surface area contributed by atoms with E-state index in [4.69, 9.17) is 5.14 Å². The van der Waals surface area contributed by atoms with Crippen molar-refractivity contribution in [2.45, 2.75) is 24.7 Å². The Balaban J connectivity index is 1.88. The van der Waals surface area contributed by atoms with Crippen LogP contribution in [0.25, 0.3) is 0 Å². The maximum absolute atomic E-state index is 12.1. The van der Waals surface area contributed by atoms with Gasteiger partial charge in [-0.3, -0.25) is 4.79 Å². The van der Waals surface area contributed by atoms with E-state index < -0.39 is 10.0 Å². The topological polar surface area (TPSA) is 127 Å². The standard InChI is InChI=1S/C16H21N5O3S/c1-2-8-18-15-10-14(20-11-21-15)16(22)19-9-7-12-3-5-13(6-4-12)25(17,23)24/h3-6,10-11H,2,7-9H2,1H3,(H,19,22)(H2,17,23,24)(H,18,20,21). The molecule has 1 aromatic carbocycles. The van der Waals surface area contributed by atoms with Crippen molar-refractivity contribution in [1.82, 2.24) is 15.3 Å². The second kappa shape index (κ2) is 8.54. The number of rotatable bonds is 8. The summed E-state index contributed by atoms with van der Waals surface area (Å²) in [4.78, 5) is 20.2. The first-order chi connectivity index (χ1) is 11.9. The van der Waals surface area contributed by atoms with Gasteiger partial charge in [0.05, 0.1) is 4.90 Å². The molecule has 1 amide bonds. The monoisotopic (exact) mass is 363 g/mol. The van der Waals surface area contributed by atoms with Crippen molar-refractivity contribution >= 4 is 21.7 Å². The van der Waals surface area contributed by atoms with Gasteiger partial charge in [0.1, 0.15) is 17.8 Å². The highest BCUT2D eigenvalue weighted by atomic mass is 32.2. The molecule has 2 rings (SSSR count). The van der Waals surface area contributed by atoms with Crippen LogP contribution in [0.3, 0.4) is 0 Å². The number of nitrogens with two attached hydrogens (primary N) is 1. The summed E-state index contributed by atoms with van der Waals surface area (Å²) in [7, 11) is -3.69. The van der Waals surface area contributed by atoms with E-state index in [2.05, 4.69) is 20.6 Å². The number of sulfonamides is 1. The molecule has 1 heterocycles. The quantitative estimate of drug-likeness (QED) is 0.640. The van der Waals surface area contributed by atoms with Crippen molar-refractivity contribution < 1.29 is 13.2 Å². The number of benzene rings is 1. The van der Waals surface area contributed by atoms with E-state index in [1.807, 2.05) is 6.92 Å². The molecule has 9 heteroatoms. The number of carbonyl (C=O) groups is 1. The molecule has 0 fully saturated rings. The fourth-order valence-electron chi connectivity index (χ4n) is 2.09. The van der Waals surface area contributed by atoms with Crippen LogP contribution in [-0.2, 0) is 16.4 Å². The zero-order chi connectivity index (χ0) is 18.3. The minimum Gasteiger partial charge on any atom is -0.370 e. The summed E-state index contributed by atoms with van der Waals surface area (Å²) in [5, 5.41) is 10.9. The summed E-state index contributed by atoms with van der Waals surface area (Å²) in [6, 6.07) is 7.84. The zero-order valence-corrected chi connectivity index (χ0v) is 14.7. The Labute approximate surface area is 146 Å². The molecule has 0 aliphatic carbocycles. The molecule has 0 radical (unpaired) electrons. The smallest absolute Gasteiger partial charge is 0.270 e. The molecule has 0 aliphatic rings. The predicted octanol–water partition coefficient (Wildman–Crippen LogP) is 0.918. The number of hydrogen-bond donors (Lipinski definition) is 3. The van der Waals surface area contributed by atoms with Crippen molar-refractivity contribution in [2.24, 2.45) is 5.14 Å². The van der Waals surface area contributed by atoms with Gasteiger partial charge in [0.15, 0.2) is 0 Å². The SMILES string of the molecule is CCCNc1cc(C(=O)NCCc2ccc(S(N)(=O)=O)cc2)ncn1. The van der Waals surface area contributed by atoms with Gasteiger partial charge >= 0.3 is 0 Å². The number of nitrogens with zero attached hydrogens (tertiary/aromatic N) is 2. The third-order valence-corrected chi connectivity index (χ3v) is 4.34. The lowest BCUT2D eigenvalue weighted by molar-refractivity contribution is 0.0949. The molecule has 4 N–H and O–H groups in total. The van der Waals surface area contributed by atoms with Gasteiger partial charge in [0, 0.05) is 19.2 Å². The van der Waals surface area contributed by atoms with Gasteiger partial charge in [0.2, 0.25) is 10.0 Å². The summed E-state index contributed by atoms with van der Waals surface area (Å²) >= 11 is 0. The molecule has 0 unspecified atom stereocenters. The molecule has 0 aliphatic heterocycles. The Morgan fingerprint density at radius 3 is 2.52 bits per heavy atom. The van der Waals surface area contributed by atoms with E-state index >= 15 is 0 Å². The maximum Gasteiger partial charge on any atom is 0.270 e. The summed E-state index contributed by atoms with van der Waals surface area (Å²) in [5.41, 5.74) is 1.18. The van der Waals surface area contributed by atoms with Crippen molar-refractivity contribution in [3.8, 4) is 0 Å². The van der Waals surface area contributed by atoms with Crippen molar-refractivity contribution in [3.05, 3.63) is 47.9 Å². The first-order valence-electron chi connectivity index (χ1n) is 7.86. The average Bonchev–Trinajstić information content (AvgIpc) is 2.60. The molecule has 1 aromatic heterocycles. The minimum atomic E-state index is -3.69. The van der Waals surface area contributed by atoms with E-state index in [1.165, 1.54) is 18.5 Å². The highest BCUT2D eigenvalue weighted by Crippen LogP contribution is 2.09. The molecule has 25 heavy (non-hydrogen) atoms. The fraction of sp³-hybridized carbons (Fsp3) is 0.312. The highest BCUT2D eigenvalue weighted by Gasteiger charge is 2.09. The highest BCUT2D eigenvalue weighted by molar-refractivity contribution is 7.89. The van der Waals surface area contributed by atoms with Crippen LogP contribution >= 0.6 is 0 Å². The Bertz CT molecular complexity index is 822. The summed E-state index contributed by atoms with van der Waals surface area (Å²) < 4.78 is 22.4. The second-order valence-electron chi connectivity index (χ2n) is 5.41. The van der Waals surface area contributed by atoms with E-state index in [0.717, 1.165) is 18.5 Å². The number of hydrogen-bond acceptors (Lipinski definition) is 6. The van der Waals surface area contributed by atoms with Crippen LogP contribution in [0, 0.1) is 0 Å². The minimum absolute atomic E-state index is 0.0633. The van der Waals surface area contributed by atoms with Crippen molar-refractivity contribution in [3.63, 3.8) is 0 Å². The maximum atomic E-state index is 12.1. The molecule has 0 saturated heterocycles. The average molecular weight is 363 g/mol. The molecule has 134 valence electrons. The molecular formula is C16H21N5O3S. The number of primary sulfonamides is 1.